The smallest absolute Gasteiger partial charge is 0.326 e. The van der Waals surface area contributed by atoms with Crippen LogP contribution in [0.1, 0.15) is 18.1 Å². The number of esters is 1. The monoisotopic (exact) mass is 413 g/mol. The Labute approximate surface area is 173 Å². The van der Waals surface area contributed by atoms with Crippen LogP contribution in [0.25, 0.3) is 6.08 Å². The normalized spacial score (nSPS) is 15.2. The van der Waals surface area contributed by atoms with Gasteiger partial charge in [0.05, 0.1) is 11.5 Å². The molecule has 1 heterocycles. The second-order valence-electron chi connectivity index (χ2n) is 5.92. The van der Waals surface area contributed by atoms with Crippen LogP contribution < -0.4 is 4.74 Å². The summed E-state index contributed by atoms with van der Waals surface area (Å²) >= 11 is 6.40. The molecule has 1 aliphatic rings. The second kappa shape index (κ2) is 9.52. The van der Waals surface area contributed by atoms with Gasteiger partial charge in [0.15, 0.2) is 0 Å². The van der Waals surface area contributed by atoms with Gasteiger partial charge in [0.1, 0.15) is 23.2 Å². The fraction of sp³-hybridized carbons (Fsp3) is 0.190. The van der Waals surface area contributed by atoms with Crippen LogP contribution in [0.2, 0.25) is 0 Å². The molecule has 1 fully saturated rings. The lowest BCUT2D eigenvalue weighted by Crippen LogP contribution is -2.34. The number of benzene rings is 2. The number of nitrogens with zero attached hydrogens (tertiary/aromatic N) is 1. The van der Waals surface area contributed by atoms with E-state index >= 15 is 0 Å². The summed E-state index contributed by atoms with van der Waals surface area (Å²) in [4.78, 5) is 26.0. The standard InChI is InChI=1S/C21H19NO4S2/c1-2-25-19(23)13-22-20(24)18(28-21(22)27)12-16-9-6-10-17(11-16)26-14-15-7-4-3-5-8-15/h3-12H,2,13-14H2,1H3/b18-12-. The summed E-state index contributed by atoms with van der Waals surface area (Å²) in [7, 11) is 0. The predicted octanol–water partition coefficient (Wildman–Crippen LogP) is 4.03. The number of rotatable bonds is 7. The lowest BCUT2D eigenvalue weighted by molar-refractivity contribution is -0.145. The summed E-state index contributed by atoms with van der Waals surface area (Å²) in [5.74, 6) is -0.0605. The molecule has 0 N–H and O–H groups in total. The highest BCUT2D eigenvalue weighted by Crippen LogP contribution is 2.32. The summed E-state index contributed by atoms with van der Waals surface area (Å²) in [6.45, 7) is 2.27. The van der Waals surface area contributed by atoms with Crippen LogP contribution in [0.15, 0.2) is 59.5 Å². The fourth-order valence-corrected chi connectivity index (χ4v) is 3.81. The first kappa shape index (κ1) is 20.1. The molecule has 2 aromatic carbocycles. The van der Waals surface area contributed by atoms with Gasteiger partial charge in [-0.3, -0.25) is 14.5 Å². The molecular weight excluding hydrogens is 394 g/mol. The van der Waals surface area contributed by atoms with Crippen molar-refractivity contribution in [2.45, 2.75) is 13.5 Å². The molecule has 3 rings (SSSR count). The first-order valence-electron chi connectivity index (χ1n) is 8.74. The Balaban J connectivity index is 1.68. The van der Waals surface area contributed by atoms with Crippen molar-refractivity contribution >= 4 is 46.3 Å². The van der Waals surface area contributed by atoms with E-state index in [4.69, 9.17) is 21.7 Å². The largest absolute Gasteiger partial charge is 0.489 e. The first-order chi connectivity index (χ1) is 13.6. The molecule has 144 valence electrons. The lowest BCUT2D eigenvalue weighted by atomic mass is 10.2. The van der Waals surface area contributed by atoms with E-state index in [-0.39, 0.29) is 19.1 Å². The lowest BCUT2D eigenvalue weighted by Gasteiger charge is -2.12. The van der Waals surface area contributed by atoms with Crippen LogP contribution in [0, 0.1) is 0 Å². The van der Waals surface area contributed by atoms with Gasteiger partial charge < -0.3 is 9.47 Å². The maximum absolute atomic E-state index is 12.6. The van der Waals surface area contributed by atoms with Gasteiger partial charge in [-0.15, -0.1) is 0 Å². The third kappa shape index (κ3) is 5.21. The maximum Gasteiger partial charge on any atom is 0.326 e. The summed E-state index contributed by atoms with van der Waals surface area (Å²) in [5.41, 5.74) is 1.90. The molecule has 2 aromatic rings. The molecule has 0 saturated carbocycles. The van der Waals surface area contributed by atoms with E-state index < -0.39 is 5.97 Å². The highest BCUT2D eigenvalue weighted by atomic mass is 32.2. The number of amides is 1. The van der Waals surface area contributed by atoms with Gasteiger partial charge in [0.2, 0.25) is 0 Å². The van der Waals surface area contributed by atoms with Crippen LogP contribution in [-0.4, -0.2) is 34.2 Å². The first-order valence-corrected chi connectivity index (χ1v) is 9.97. The van der Waals surface area contributed by atoms with Crippen LogP contribution in [0.4, 0.5) is 0 Å². The van der Waals surface area contributed by atoms with Crippen molar-refractivity contribution in [3.8, 4) is 5.75 Å². The average Bonchev–Trinajstić information content (AvgIpc) is 2.95. The molecule has 0 aromatic heterocycles. The Morgan fingerprint density at radius 1 is 1.18 bits per heavy atom. The van der Waals surface area contributed by atoms with E-state index in [0.717, 1.165) is 11.1 Å². The Bertz CT molecular complexity index is 912. The molecule has 0 bridgehead atoms. The second-order valence-corrected chi connectivity index (χ2v) is 7.60. The van der Waals surface area contributed by atoms with E-state index in [1.807, 2.05) is 54.6 Å². The summed E-state index contributed by atoms with van der Waals surface area (Å²) in [5, 5.41) is 0. The van der Waals surface area contributed by atoms with E-state index in [0.29, 0.717) is 21.6 Å². The topological polar surface area (TPSA) is 55.8 Å². The molecule has 5 nitrogen and oxygen atoms in total. The maximum atomic E-state index is 12.6. The Hall–Kier alpha value is -2.64. The molecule has 1 amide bonds. The van der Waals surface area contributed by atoms with E-state index in [1.165, 1.54) is 16.7 Å². The molecule has 0 aliphatic carbocycles. The average molecular weight is 414 g/mol. The minimum Gasteiger partial charge on any atom is -0.489 e. The van der Waals surface area contributed by atoms with Gasteiger partial charge in [0, 0.05) is 0 Å². The summed E-state index contributed by atoms with van der Waals surface area (Å²) in [6, 6.07) is 17.4. The van der Waals surface area contributed by atoms with Crippen LogP contribution in [0.3, 0.4) is 0 Å². The summed E-state index contributed by atoms with van der Waals surface area (Å²) in [6.07, 6.45) is 1.75. The van der Waals surface area contributed by atoms with Gasteiger partial charge in [-0.2, -0.15) is 0 Å². The predicted molar refractivity (Wildman–Crippen MR) is 114 cm³/mol. The molecule has 0 radical (unpaired) electrons. The van der Waals surface area contributed by atoms with E-state index in [2.05, 4.69) is 0 Å². The van der Waals surface area contributed by atoms with Crippen molar-refractivity contribution in [1.82, 2.24) is 4.90 Å². The number of carbonyl (C=O) groups is 2. The molecular formula is C21H19NO4S2. The van der Waals surface area contributed by atoms with Crippen molar-refractivity contribution in [2.75, 3.05) is 13.2 Å². The fourth-order valence-electron chi connectivity index (χ4n) is 2.56. The molecule has 28 heavy (non-hydrogen) atoms. The molecule has 1 aliphatic heterocycles. The molecule has 7 heteroatoms. The number of thiocarbonyl (C=S) groups is 1. The zero-order valence-electron chi connectivity index (χ0n) is 15.3. The molecule has 0 atom stereocenters. The molecule has 0 unspecified atom stereocenters. The Morgan fingerprint density at radius 2 is 1.96 bits per heavy atom. The number of hydrogen-bond acceptors (Lipinski definition) is 6. The highest BCUT2D eigenvalue weighted by Gasteiger charge is 2.33. The minimum absolute atomic E-state index is 0.171. The number of hydrogen-bond donors (Lipinski definition) is 0. The molecule has 0 spiro atoms. The number of thioether (sulfide) groups is 1. The van der Waals surface area contributed by atoms with E-state index in [1.54, 1.807) is 13.0 Å². The van der Waals surface area contributed by atoms with Crippen molar-refractivity contribution in [3.05, 3.63) is 70.6 Å². The minimum atomic E-state index is -0.476. The van der Waals surface area contributed by atoms with Crippen molar-refractivity contribution in [1.29, 1.82) is 0 Å². The van der Waals surface area contributed by atoms with Crippen molar-refractivity contribution in [3.63, 3.8) is 0 Å². The van der Waals surface area contributed by atoms with Crippen molar-refractivity contribution < 1.29 is 19.1 Å². The Morgan fingerprint density at radius 3 is 2.71 bits per heavy atom. The van der Waals surface area contributed by atoms with Gasteiger partial charge in [0.25, 0.3) is 5.91 Å². The highest BCUT2D eigenvalue weighted by molar-refractivity contribution is 8.26. The number of carbonyl (C=O) groups excluding carboxylic acids is 2. The Kier molecular flexibility index (Phi) is 6.84. The zero-order valence-corrected chi connectivity index (χ0v) is 16.9. The van der Waals surface area contributed by atoms with Gasteiger partial charge in [-0.25, -0.2) is 0 Å². The van der Waals surface area contributed by atoms with Crippen LogP contribution in [0.5, 0.6) is 5.75 Å². The number of ether oxygens (including phenoxy) is 2. The molecule has 1 saturated heterocycles. The van der Waals surface area contributed by atoms with Crippen LogP contribution >= 0.6 is 24.0 Å². The van der Waals surface area contributed by atoms with Gasteiger partial charge in [-0.1, -0.05) is 66.4 Å². The summed E-state index contributed by atoms with van der Waals surface area (Å²) < 4.78 is 11.1. The quantitative estimate of drug-likeness (QED) is 0.388. The zero-order chi connectivity index (χ0) is 19.9. The SMILES string of the molecule is CCOC(=O)CN1C(=O)/C(=C/c2cccc(OCc3ccccc3)c2)SC1=S. The van der Waals surface area contributed by atoms with E-state index in [9.17, 15) is 9.59 Å². The third-order valence-corrected chi connectivity index (χ3v) is 5.25. The van der Waals surface area contributed by atoms with Gasteiger partial charge >= 0.3 is 5.97 Å². The van der Waals surface area contributed by atoms with Crippen molar-refractivity contribution in [2.24, 2.45) is 0 Å². The third-order valence-electron chi connectivity index (χ3n) is 3.87. The van der Waals surface area contributed by atoms with Crippen LogP contribution in [-0.2, 0) is 20.9 Å². The van der Waals surface area contributed by atoms with Gasteiger partial charge in [-0.05, 0) is 36.3 Å².